The van der Waals surface area contributed by atoms with E-state index < -0.39 is 10.9 Å². The van der Waals surface area contributed by atoms with E-state index in [0.717, 1.165) is 0 Å². The molecule has 0 heterocycles. The molecule has 0 aliphatic rings. The van der Waals surface area contributed by atoms with Crippen LogP contribution in [0.25, 0.3) is 0 Å². The summed E-state index contributed by atoms with van der Waals surface area (Å²) >= 11 is 0. The van der Waals surface area contributed by atoms with Gasteiger partial charge >= 0.3 is 5.97 Å². The first-order valence-electron chi connectivity index (χ1n) is 9.41. The van der Waals surface area contributed by atoms with Crippen LogP contribution in [-0.2, 0) is 6.61 Å². The number of hydrogen-bond donors (Lipinski definition) is 1. The number of rotatable bonds is 9. The third-order valence-electron chi connectivity index (χ3n) is 4.48. The molecule has 3 aromatic carbocycles. The summed E-state index contributed by atoms with van der Waals surface area (Å²) in [4.78, 5) is 25.9. The molecule has 0 amide bonds. The van der Waals surface area contributed by atoms with Crippen molar-refractivity contribution in [2.75, 3.05) is 14.2 Å². The molecular weight excluding hydrogens is 416 g/mol. The number of aliphatic imine (C=N–C) groups is 1. The first-order chi connectivity index (χ1) is 15.4. The number of benzene rings is 3. The number of carboxylic acids is 1. The molecule has 1 N–H and O–H groups in total. The molecule has 3 rings (SSSR count). The van der Waals surface area contributed by atoms with Crippen LogP contribution < -0.4 is 14.2 Å². The molecule has 0 aromatic heterocycles. The maximum atomic E-state index is 11.1. The average molecular weight is 436 g/mol. The highest BCUT2D eigenvalue weighted by atomic mass is 16.6. The van der Waals surface area contributed by atoms with Gasteiger partial charge in [-0.05, 0) is 47.5 Å². The minimum atomic E-state index is -1.01. The van der Waals surface area contributed by atoms with Crippen LogP contribution in [-0.4, -0.2) is 36.4 Å². The lowest BCUT2D eigenvalue weighted by Crippen LogP contribution is -2.01. The van der Waals surface area contributed by atoms with Gasteiger partial charge in [-0.25, -0.2) is 4.79 Å². The first kappa shape index (κ1) is 22.3. The number of non-ortho nitro benzene ring substituents is 1. The van der Waals surface area contributed by atoms with E-state index in [2.05, 4.69) is 4.99 Å². The number of carboxylic acid groups (broad SMARTS) is 1. The van der Waals surface area contributed by atoms with Gasteiger partial charge in [-0.3, -0.25) is 15.1 Å². The normalized spacial score (nSPS) is 10.7. The molecule has 164 valence electrons. The second-order valence-electron chi connectivity index (χ2n) is 6.58. The molecular formula is C23H20N2O7. The van der Waals surface area contributed by atoms with Crippen molar-refractivity contribution in [3.05, 3.63) is 87.5 Å². The molecule has 0 unspecified atom stereocenters. The van der Waals surface area contributed by atoms with Crippen LogP contribution in [0.1, 0.15) is 21.5 Å². The van der Waals surface area contributed by atoms with Crippen LogP contribution in [0.15, 0.2) is 65.7 Å². The Hall–Kier alpha value is -4.40. The quantitative estimate of drug-likeness (QED) is 0.295. The van der Waals surface area contributed by atoms with E-state index in [1.165, 1.54) is 44.7 Å². The van der Waals surface area contributed by atoms with E-state index in [1.54, 1.807) is 36.4 Å². The number of nitrogens with zero attached hydrogens (tertiary/aromatic N) is 2. The number of hydrogen-bond acceptors (Lipinski definition) is 7. The van der Waals surface area contributed by atoms with Crippen molar-refractivity contribution in [3.8, 4) is 17.2 Å². The smallest absolute Gasteiger partial charge is 0.335 e. The minimum absolute atomic E-state index is 0.0914. The number of carbonyl (C=O) groups is 1. The Kier molecular flexibility index (Phi) is 7.02. The predicted molar refractivity (Wildman–Crippen MR) is 118 cm³/mol. The summed E-state index contributed by atoms with van der Waals surface area (Å²) in [5.41, 5.74) is 1.79. The Labute approximate surface area is 183 Å². The van der Waals surface area contributed by atoms with Crippen LogP contribution >= 0.6 is 0 Å². The first-order valence-corrected chi connectivity index (χ1v) is 9.41. The molecule has 0 aliphatic carbocycles. The summed E-state index contributed by atoms with van der Waals surface area (Å²) in [6, 6.07) is 15.8. The summed E-state index contributed by atoms with van der Waals surface area (Å²) in [6.07, 6.45) is 1.53. The molecule has 9 nitrogen and oxygen atoms in total. The highest BCUT2D eigenvalue weighted by molar-refractivity contribution is 5.87. The fourth-order valence-corrected chi connectivity index (χ4v) is 2.88. The van der Waals surface area contributed by atoms with Gasteiger partial charge in [-0.15, -0.1) is 0 Å². The molecule has 0 radical (unpaired) electrons. The third kappa shape index (κ3) is 5.39. The van der Waals surface area contributed by atoms with Crippen molar-refractivity contribution in [3.63, 3.8) is 0 Å². The van der Waals surface area contributed by atoms with E-state index in [4.69, 9.17) is 19.3 Å². The van der Waals surface area contributed by atoms with Crippen LogP contribution in [0.5, 0.6) is 17.2 Å². The van der Waals surface area contributed by atoms with Crippen LogP contribution in [0.3, 0.4) is 0 Å². The highest BCUT2D eigenvalue weighted by Gasteiger charge is 2.11. The summed E-state index contributed by atoms with van der Waals surface area (Å²) in [7, 11) is 2.96. The standard InChI is InChI=1S/C23H20N2O7/c1-30-20-9-7-18(25(28)29)12-19(20)24-13-15-6-8-21(22(11-15)31-2)32-14-16-4-3-5-17(10-16)23(26)27/h3-13H,14H2,1-2H3,(H,26,27). The Bertz CT molecular complexity index is 1170. The summed E-state index contributed by atoms with van der Waals surface area (Å²) < 4.78 is 16.4. The van der Waals surface area contributed by atoms with E-state index in [0.29, 0.717) is 34.1 Å². The lowest BCUT2D eigenvalue weighted by molar-refractivity contribution is -0.384. The molecule has 9 heteroatoms. The van der Waals surface area contributed by atoms with E-state index in [-0.39, 0.29) is 17.9 Å². The summed E-state index contributed by atoms with van der Waals surface area (Å²) in [6.45, 7) is 0.162. The van der Waals surface area contributed by atoms with Gasteiger partial charge in [0.2, 0.25) is 0 Å². The number of nitro benzene ring substituents is 1. The van der Waals surface area contributed by atoms with Crippen molar-refractivity contribution in [2.24, 2.45) is 4.99 Å². The fraction of sp³-hybridized carbons (Fsp3) is 0.130. The van der Waals surface area contributed by atoms with E-state index >= 15 is 0 Å². The van der Waals surface area contributed by atoms with Crippen LogP contribution in [0.4, 0.5) is 11.4 Å². The van der Waals surface area contributed by atoms with Crippen LogP contribution in [0, 0.1) is 10.1 Å². The van der Waals surface area contributed by atoms with Gasteiger partial charge in [0.15, 0.2) is 11.5 Å². The number of aromatic carboxylic acids is 1. The highest BCUT2D eigenvalue weighted by Crippen LogP contribution is 2.32. The maximum absolute atomic E-state index is 11.1. The number of nitro groups is 1. The van der Waals surface area contributed by atoms with Crippen molar-refractivity contribution in [1.29, 1.82) is 0 Å². The third-order valence-corrected chi connectivity index (χ3v) is 4.48. The monoisotopic (exact) mass is 436 g/mol. The maximum Gasteiger partial charge on any atom is 0.335 e. The largest absolute Gasteiger partial charge is 0.494 e. The second-order valence-corrected chi connectivity index (χ2v) is 6.58. The zero-order valence-corrected chi connectivity index (χ0v) is 17.3. The zero-order valence-electron chi connectivity index (χ0n) is 17.3. The van der Waals surface area contributed by atoms with Crippen molar-refractivity contribution in [2.45, 2.75) is 6.61 Å². The summed E-state index contributed by atoms with van der Waals surface area (Å²) in [5.74, 6) is 0.323. The molecule has 32 heavy (non-hydrogen) atoms. The van der Waals surface area contributed by atoms with E-state index in [1.807, 2.05) is 0 Å². The Morgan fingerprint density at radius 2 is 1.78 bits per heavy atom. The van der Waals surface area contributed by atoms with Gasteiger partial charge in [-0.1, -0.05) is 12.1 Å². The predicted octanol–water partition coefficient (Wildman–Crippen LogP) is 4.64. The zero-order chi connectivity index (χ0) is 23.1. The fourth-order valence-electron chi connectivity index (χ4n) is 2.88. The molecule has 0 saturated carbocycles. The second kappa shape index (κ2) is 10.1. The molecule has 3 aromatic rings. The van der Waals surface area contributed by atoms with Gasteiger partial charge in [0.05, 0.1) is 24.7 Å². The molecule has 0 spiro atoms. The van der Waals surface area contributed by atoms with Gasteiger partial charge in [0, 0.05) is 18.3 Å². The van der Waals surface area contributed by atoms with Crippen LogP contribution in [0.2, 0.25) is 0 Å². The molecule has 0 aliphatic heterocycles. The Morgan fingerprint density at radius 1 is 1.03 bits per heavy atom. The lowest BCUT2D eigenvalue weighted by atomic mass is 10.1. The van der Waals surface area contributed by atoms with Crippen molar-refractivity contribution < 1.29 is 29.0 Å². The Morgan fingerprint density at radius 3 is 2.47 bits per heavy atom. The number of methoxy groups -OCH3 is 2. The molecule has 0 fully saturated rings. The topological polar surface area (TPSA) is 120 Å². The minimum Gasteiger partial charge on any atom is -0.494 e. The van der Waals surface area contributed by atoms with Gasteiger partial charge in [0.25, 0.3) is 5.69 Å². The number of ether oxygens (including phenoxy) is 3. The van der Waals surface area contributed by atoms with Gasteiger partial charge in [0.1, 0.15) is 18.0 Å². The molecule has 0 atom stereocenters. The molecule has 0 bridgehead atoms. The SMILES string of the molecule is COc1ccc([N+](=O)[O-])cc1N=Cc1ccc(OCc2cccc(C(=O)O)c2)c(OC)c1. The Balaban J connectivity index is 1.78. The lowest BCUT2D eigenvalue weighted by Gasteiger charge is -2.12. The van der Waals surface area contributed by atoms with Crippen molar-refractivity contribution >= 4 is 23.6 Å². The van der Waals surface area contributed by atoms with Gasteiger partial charge < -0.3 is 19.3 Å². The molecule has 0 saturated heterocycles. The van der Waals surface area contributed by atoms with Gasteiger partial charge in [-0.2, -0.15) is 0 Å². The average Bonchev–Trinajstić information content (AvgIpc) is 2.81. The summed E-state index contributed by atoms with van der Waals surface area (Å²) in [5, 5.41) is 20.1. The van der Waals surface area contributed by atoms with Crippen molar-refractivity contribution in [1.82, 2.24) is 0 Å². The van der Waals surface area contributed by atoms with E-state index in [9.17, 15) is 14.9 Å².